The summed E-state index contributed by atoms with van der Waals surface area (Å²) in [7, 11) is -0.220. The third-order valence-corrected chi connectivity index (χ3v) is 6.66. The molecule has 0 bridgehead atoms. The minimum absolute atomic E-state index is 0.0543. The third kappa shape index (κ3) is 5.38. The van der Waals surface area contributed by atoms with E-state index in [0.717, 1.165) is 18.6 Å². The predicted octanol–water partition coefficient (Wildman–Crippen LogP) is 2.81. The van der Waals surface area contributed by atoms with Crippen molar-refractivity contribution < 1.29 is 22.0 Å². The molecule has 1 aliphatic heterocycles. The van der Waals surface area contributed by atoms with Crippen molar-refractivity contribution in [1.29, 1.82) is 0 Å². The zero-order valence-electron chi connectivity index (χ0n) is 16.0. The fraction of sp³-hybridized carbons (Fsp3) is 0.611. The van der Waals surface area contributed by atoms with Gasteiger partial charge in [-0.3, -0.25) is 4.79 Å². The number of nitrogens with one attached hydrogen (secondary N) is 1. The van der Waals surface area contributed by atoms with E-state index in [1.165, 1.54) is 23.3 Å². The average molecular weight is 403 g/mol. The predicted molar refractivity (Wildman–Crippen MR) is 102 cm³/mol. The molecule has 1 saturated heterocycles. The van der Waals surface area contributed by atoms with Gasteiger partial charge in [-0.25, -0.2) is 21.5 Å². The van der Waals surface area contributed by atoms with Crippen molar-refractivity contribution >= 4 is 27.3 Å². The van der Waals surface area contributed by atoms with E-state index in [-0.39, 0.29) is 42.0 Å². The molecule has 9 heteroatoms. The Balaban J connectivity index is 1.97. The number of hydrogen-bond acceptors (Lipinski definition) is 4. The molecule has 2 rings (SSSR count). The highest BCUT2D eigenvalue weighted by molar-refractivity contribution is 7.89. The first-order valence-electron chi connectivity index (χ1n) is 9.10. The van der Waals surface area contributed by atoms with Crippen molar-refractivity contribution in [2.45, 2.75) is 32.6 Å². The number of carbonyl (C=O) groups excluding carboxylic acids is 1. The number of anilines is 2. The van der Waals surface area contributed by atoms with Gasteiger partial charge in [0.25, 0.3) is 0 Å². The van der Waals surface area contributed by atoms with Gasteiger partial charge in [-0.05, 0) is 31.4 Å². The summed E-state index contributed by atoms with van der Waals surface area (Å²) < 4.78 is 53.9. The molecule has 1 fully saturated rings. The van der Waals surface area contributed by atoms with Crippen molar-refractivity contribution in [1.82, 2.24) is 4.31 Å². The van der Waals surface area contributed by atoms with Gasteiger partial charge < -0.3 is 10.2 Å². The quantitative estimate of drug-likeness (QED) is 0.760. The van der Waals surface area contributed by atoms with Gasteiger partial charge in [-0.2, -0.15) is 0 Å². The Kier molecular flexibility index (Phi) is 7.16. The second-order valence-corrected chi connectivity index (χ2v) is 9.10. The molecule has 1 N–H and O–H groups in total. The number of sulfonamides is 1. The first-order valence-corrected chi connectivity index (χ1v) is 10.7. The minimum Gasteiger partial charge on any atom is -0.373 e. The molecule has 0 aromatic heterocycles. The van der Waals surface area contributed by atoms with Gasteiger partial charge in [0.2, 0.25) is 15.9 Å². The molecular formula is C18H27F2N3O3S. The van der Waals surface area contributed by atoms with E-state index in [1.54, 1.807) is 0 Å². The molecular weight excluding hydrogens is 376 g/mol. The maximum absolute atomic E-state index is 14.0. The summed E-state index contributed by atoms with van der Waals surface area (Å²) in [5.41, 5.74) is -0.114. The highest BCUT2D eigenvalue weighted by atomic mass is 32.2. The van der Waals surface area contributed by atoms with Crippen LogP contribution in [0.15, 0.2) is 12.1 Å². The van der Waals surface area contributed by atoms with Crippen LogP contribution in [-0.2, 0) is 14.8 Å². The molecule has 152 valence electrons. The van der Waals surface area contributed by atoms with Crippen LogP contribution >= 0.6 is 0 Å². The van der Waals surface area contributed by atoms with Crippen LogP contribution in [-0.4, -0.2) is 51.6 Å². The van der Waals surface area contributed by atoms with E-state index in [1.807, 2.05) is 6.92 Å². The van der Waals surface area contributed by atoms with Crippen LogP contribution in [0.1, 0.15) is 32.6 Å². The number of rotatable bonds is 7. The van der Waals surface area contributed by atoms with E-state index >= 15 is 0 Å². The Labute approximate surface area is 159 Å². The lowest BCUT2D eigenvalue weighted by Gasteiger charge is -2.30. The summed E-state index contributed by atoms with van der Waals surface area (Å²) in [6.07, 6.45) is 2.19. The van der Waals surface area contributed by atoms with Gasteiger partial charge in [0.05, 0.1) is 5.75 Å². The highest BCUT2D eigenvalue weighted by Gasteiger charge is 2.31. The van der Waals surface area contributed by atoms with E-state index < -0.39 is 21.7 Å². The maximum Gasteiger partial charge on any atom is 0.227 e. The monoisotopic (exact) mass is 403 g/mol. The van der Waals surface area contributed by atoms with Gasteiger partial charge >= 0.3 is 0 Å². The molecule has 0 aliphatic carbocycles. The normalized spacial score (nSPS) is 16.3. The van der Waals surface area contributed by atoms with Crippen molar-refractivity contribution in [3.63, 3.8) is 0 Å². The summed E-state index contributed by atoms with van der Waals surface area (Å²) in [6, 6.07) is 2.17. The van der Waals surface area contributed by atoms with Crippen LogP contribution in [0.4, 0.5) is 20.2 Å². The van der Waals surface area contributed by atoms with Gasteiger partial charge in [0.15, 0.2) is 11.6 Å². The zero-order valence-corrected chi connectivity index (χ0v) is 16.8. The lowest BCUT2D eigenvalue weighted by atomic mass is 9.97. The lowest BCUT2D eigenvalue weighted by molar-refractivity contribution is -0.120. The maximum atomic E-state index is 14.0. The van der Waals surface area contributed by atoms with Gasteiger partial charge in [0.1, 0.15) is 5.69 Å². The molecule has 6 nitrogen and oxygen atoms in total. The van der Waals surface area contributed by atoms with Crippen LogP contribution in [0.5, 0.6) is 0 Å². The van der Waals surface area contributed by atoms with Gasteiger partial charge in [-0.15, -0.1) is 0 Å². The standard InChI is InChI=1S/C18H27F2N3O3S/c1-4-5-10-27(25,26)23-8-6-13(7-9-23)18(24)21-14-11-15(19)17(22(2)3)16(20)12-14/h11-13H,4-10H2,1-3H3,(H,21,24). The second-order valence-electron chi connectivity index (χ2n) is 7.02. The average Bonchev–Trinajstić information content (AvgIpc) is 2.59. The van der Waals surface area contributed by atoms with E-state index in [0.29, 0.717) is 19.3 Å². The first kappa shape index (κ1) is 21.6. The Bertz CT molecular complexity index is 753. The molecule has 1 aliphatic rings. The molecule has 0 atom stereocenters. The number of carbonyl (C=O) groups is 1. The van der Waals surface area contributed by atoms with Crippen molar-refractivity contribution in [2.24, 2.45) is 5.92 Å². The molecule has 0 unspecified atom stereocenters. The topological polar surface area (TPSA) is 69.7 Å². The summed E-state index contributed by atoms with van der Waals surface area (Å²) in [4.78, 5) is 13.7. The molecule has 27 heavy (non-hydrogen) atoms. The van der Waals surface area contributed by atoms with E-state index in [4.69, 9.17) is 0 Å². The second kappa shape index (κ2) is 8.97. The Morgan fingerprint density at radius 1 is 1.22 bits per heavy atom. The number of benzene rings is 1. The number of nitrogens with zero attached hydrogens (tertiary/aromatic N) is 2. The Morgan fingerprint density at radius 2 is 1.78 bits per heavy atom. The van der Waals surface area contributed by atoms with Crippen LogP contribution in [0, 0.1) is 17.6 Å². The third-order valence-electron chi connectivity index (χ3n) is 4.71. The SMILES string of the molecule is CCCCS(=O)(=O)N1CCC(C(=O)Nc2cc(F)c(N(C)C)c(F)c2)CC1. The number of halogens is 2. The highest BCUT2D eigenvalue weighted by Crippen LogP contribution is 2.27. The summed E-state index contributed by atoms with van der Waals surface area (Å²) >= 11 is 0. The molecule has 0 radical (unpaired) electrons. The van der Waals surface area contributed by atoms with E-state index in [9.17, 15) is 22.0 Å². The van der Waals surface area contributed by atoms with Crippen molar-refractivity contribution in [3.05, 3.63) is 23.8 Å². The van der Waals surface area contributed by atoms with Crippen LogP contribution in [0.2, 0.25) is 0 Å². The Hall–Kier alpha value is -1.74. The van der Waals surface area contributed by atoms with E-state index in [2.05, 4.69) is 5.32 Å². The molecule has 1 heterocycles. The van der Waals surface area contributed by atoms with Gasteiger partial charge in [0, 0.05) is 38.8 Å². The molecule has 1 aromatic carbocycles. The first-order chi connectivity index (χ1) is 12.7. The smallest absolute Gasteiger partial charge is 0.227 e. The van der Waals surface area contributed by atoms with Crippen molar-refractivity contribution in [3.8, 4) is 0 Å². The molecule has 1 amide bonds. The minimum atomic E-state index is -3.28. The molecule has 0 saturated carbocycles. The number of unbranched alkanes of at least 4 members (excludes halogenated alkanes) is 1. The molecule has 1 aromatic rings. The molecule has 0 spiro atoms. The van der Waals surface area contributed by atoms with Gasteiger partial charge in [-0.1, -0.05) is 13.3 Å². The largest absolute Gasteiger partial charge is 0.373 e. The van der Waals surface area contributed by atoms with Crippen LogP contribution < -0.4 is 10.2 Å². The number of piperidine rings is 1. The number of amides is 1. The summed E-state index contributed by atoms with van der Waals surface area (Å²) in [6.45, 7) is 2.50. The fourth-order valence-electron chi connectivity index (χ4n) is 3.16. The zero-order chi connectivity index (χ0) is 20.2. The Morgan fingerprint density at radius 3 is 2.26 bits per heavy atom. The van der Waals surface area contributed by atoms with Crippen molar-refractivity contribution in [2.75, 3.05) is 43.2 Å². The number of hydrogen-bond donors (Lipinski definition) is 1. The summed E-state index contributed by atoms with van der Waals surface area (Å²) in [5, 5.41) is 2.54. The lowest BCUT2D eigenvalue weighted by Crippen LogP contribution is -2.42. The fourth-order valence-corrected chi connectivity index (χ4v) is 4.84. The summed E-state index contributed by atoms with van der Waals surface area (Å²) in [5.74, 6) is -2.13. The van der Waals surface area contributed by atoms with Crippen LogP contribution in [0.3, 0.4) is 0 Å². The van der Waals surface area contributed by atoms with Crippen LogP contribution in [0.25, 0.3) is 0 Å².